The van der Waals surface area contributed by atoms with Gasteiger partial charge in [0.1, 0.15) is 5.15 Å². The third-order valence-electron chi connectivity index (χ3n) is 2.73. The Kier molecular flexibility index (Phi) is 3.41. The molecular formula is C11H14ClN3O. The number of nitrogens with two attached hydrogens (primary N) is 1. The summed E-state index contributed by atoms with van der Waals surface area (Å²) in [6, 6.07) is 3.48. The first kappa shape index (κ1) is 11.4. The Bertz CT molecular complexity index is 397. The molecule has 0 aromatic carbocycles. The molecule has 16 heavy (non-hydrogen) atoms. The highest BCUT2D eigenvalue weighted by Gasteiger charge is 2.23. The van der Waals surface area contributed by atoms with Crippen LogP contribution in [-0.2, 0) is 0 Å². The van der Waals surface area contributed by atoms with Crippen LogP contribution in [0.4, 0.5) is 0 Å². The minimum absolute atomic E-state index is 0.0757. The molecule has 2 heterocycles. The molecule has 0 aliphatic carbocycles. The van der Waals surface area contributed by atoms with Gasteiger partial charge in [-0.15, -0.1) is 0 Å². The van der Waals surface area contributed by atoms with Crippen molar-refractivity contribution in [3.8, 4) is 0 Å². The summed E-state index contributed by atoms with van der Waals surface area (Å²) < 4.78 is 0. The van der Waals surface area contributed by atoms with Gasteiger partial charge in [-0.3, -0.25) is 4.79 Å². The zero-order valence-corrected chi connectivity index (χ0v) is 9.65. The second-order valence-corrected chi connectivity index (χ2v) is 4.35. The monoisotopic (exact) mass is 239 g/mol. The van der Waals surface area contributed by atoms with Gasteiger partial charge in [-0.2, -0.15) is 0 Å². The number of halogens is 1. The molecule has 4 nitrogen and oxygen atoms in total. The zero-order chi connectivity index (χ0) is 11.5. The van der Waals surface area contributed by atoms with E-state index in [1.165, 1.54) is 0 Å². The third kappa shape index (κ3) is 2.33. The maximum atomic E-state index is 12.1. The van der Waals surface area contributed by atoms with Crippen LogP contribution in [0.3, 0.4) is 0 Å². The van der Waals surface area contributed by atoms with Gasteiger partial charge >= 0.3 is 0 Å². The molecule has 1 aliphatic heterocycles. The third-order valence-corrected chi connectivity index (χ3v) is 3.04. The molecule has 1 atom stereocenters. The summed E-state index contributed by atoms with van der Waals surface area (Å²) in [5.41, 5.74) is 6.29. The van der Waals surface area contributed by atoms with Crippen molar-refractivity contribution in [1.82, 2.24) is 9.88 Å². The largest absolute Gasteiger partial charge is 0.337 e. The van der Waals surface area contributed by atoms with Gasteiger partial charge < -0.3 is 10.6 Å². The van der Waals surface area contributed by atoms with Crippen molar-refractivity contribution in [2.45, 2.75) is 18.9 Å². The van der Waals surface area contributed by atoms with E-state index >= 15 is 0 Å². The number of hydrogen-bond donors (Lipinski definition) is 1. The number of nitrogens with zero attached hydrogens (tertiary/aromatic N) is 2. The van der Waals surface area contributed by atoms with E-state index in [1.54, 1.807) is 23.2 Å². The second kappa shape index (κ2) is 4.80. The van der Waals surface area contributed by atoms with Crippen LogP contribution in [-0.4, -0.2) is 34.9 Å². The minimum Gasteiger partial charge on any atom is -0.337 e. The maximum absolute atomic E-state index is 12.1. The summed E-state index contributed by atoms with van der Waals surface area (Å²) in [5.74, 6) is -0.0757. The van der Waals surface area contributed by atoms with E-state index in [-0.39, 0.29) is 17.1 Å². The SMILES string of the molecule is NC1CCCN(C(=O)c2cccnc2Cl)C1. The molecule has 2 N–H and O–H groups in total. The molecule has 1 fully saturated rings. The molecule has 1 aromatic rings. The fourth-order valence-corrected chi connectivity index (χ4v) is 2.11. The Labute approximate surface area is 99.4 Å². The lowest BCUT2D eigenvalue weighted by atomic mass is 10.1. The standard InChI is InChI=1S/C11H14ClN3O/c12-10-9(4-1-5-14-10)11(16)15-6-2-3-8(13)7-15/h1,4-5,8H,2-3,6-7,13H2. The number of rotatable bonds is 1. The Morgan fingerprint density at radius 2 is 2.44 bits per heavy atom. The lowest BCUT2D eigenvalue weighted by molar-refractivity contribution is 0.0708. The van der Waals surface area contributed by atoms with Crippen molar-refractivity contribution in [1.29, 1.82) is 0 Å². The summed E-state index contributed by atoms with van der Waals surface area (Å²) in [6.45, 7) is 1.35. The van der Waals surface area contributed by atoms with Gasteiger partial charge in [0.25, 0.3) is 5.91 Å². The first-order valence-electron chi connectivity index (χ1n) is 5.34. The van der Waals surface area contributed by atoms with Gasteiger partial charge in [-0.25, -0.2) is 4.98 Å². The van der Waals surface area contributed by atoms with Crippen molar-refractivity contribution in [2.75, 3.05) is 13.1 Å². The Balaban J connectivity index is 2.16. The molecule has 0 bridgehead atoms. The van der Waals surface area contributed by atoms with E-state index in [0.29, 0.717) is 12.1 Å². The smallest absolute Gasteiger partial charge is 0.257 e. The van der Waals surface area contributed by atoms with Crippen molar-refractivity contribution in [2.24, 2.45) is 5.73 Å². The molecule has 0 radical (unpaired) electrons. The van der Waals surface area contributed by atoms with Crippen molar-refractivity contribution in [3.63, 3.8) is 0 Å². The highest BCUT2D eigenvalue weighted by Crippen LogP contribution is 2.17. The lowest BCUT2D eigenvalue weighted by Gasteiger charge is -2.30. The summed E-state index contributed by atoms with van der Waals surface area (Å²) in [7, 11) is 0. The number of hydrogen-bond acceptors (Lipinski definition) is 3. The molecule has 5 heteroatoms. The normalized spacial score (nSPS) is 20.9. The Morgan fingerprint density at radius 3 is 3.12 bits per heavy atom. The van der Waals surface area contributed by atoms with Crippen LogP contribution in [0.5, 0.6) is 0 Å². The molecule has 1 unspecified atom stereocenters. The summed E-state index contributed by atoms with van der Waals surface area (Å²) in [6.07, 6.45) is 3.50. The van der Waals surface area contributed by atoms with Gasteiger partial charge in [0.15, 0.2) is 0 Å². The number of carbonyl (C=O) groups is 1. The predicted molar refractivity (Wildman–Crippen MR) is 62.4 cm³/mol. The Hall–Kier alpha value is -1.13. The van der Waals surface area contributed by atoms with E-state index in [2.05, 4.69) is 4.98 Å². The number of aromatic nitrogens is 1. The molecular weight excluding hydrogens is 226 g/mol. The molecule has 1 aromatic heterocycles. The van der Waals surface area contributed by atoms with Crippen LogP contribution in [0.15, 0.2) is 18.3 Å². The number of piperidine rings is 1. The summed E-state index contributed by atoms with van der Waals surface area (Å²) in [5, 5.41) is 0.256. The average molecular weight is 240 g/mol. The maximum Gasteiger partial charge on any atom is 0.257 e. The molecule has 1 aliphatic rings. The molecule has 0 saturated carbocycles. The number of pyridine rings is 1. The molecule has 1 saturated heterocycles. The van der Waals surface area contributed by atoms with E-state index in [1.807, 2.05) is 0 Å². The average Bonchev–Trinajstić information content (AvgIpc) is 2.29. The molecule has 1 amide bonds. The van der Waals surface area contributed by atoms with E-state index in [4.69, 9.17) is 17.3 Å². The predicted octanol–water partition coefficient (Wildman–Crippen LogP) is 1.30. The van der Waals surface area contributed by atoms with Crippen LogP contribution in [0, 0.1) is 0 Å². The van der Waals surface area contributed by atoms with E-state index in [0.717, 1.165) is 19.4 Å². The zero-order valence-electron chi connectivity index (χ0n) is 8.90. The van der Waals surface area contributed by atoms with Crippen LogP contribution in [0.2, 0.25) is 5.15 Å². The fourth-order valence-electron chi connectivity index (χ4n) is 1.91. The van der Waals surface area contributed by atoms with E-state index in [9.17, 15) is 4.79 Å². The number of likely N-dealkylation sites (tertiary alicyclic amines) is 1. The molecule has 0 spiro atoms. The fraction of sp³-hybridized carbons (Fsp3) is 0.455. The minimum atomic E-state index is -0.0757. The van der Waals surface area contributed by atoms with Gasteiger partial charge in [0.05, 0.1) is 5.56 Å². The summed E-state index contributed by atoms with van der Waals surface area (Å²) >= 11 is 5.88. The first-order valence-corrected chi connectivity index (χ1v) is 5.71. The summed E-state index contributed by atoms with van der Waals surface area (Å²) in [4.78, 5) is 17.8. The molecule has 2 rings (SSSR count). The first-order chi connectivity index (χ1) is 7.68. The number of carbonyl (C=O) groups excluding carboxylic acids is 1. The van der Waals surface area contributed by atoms with Crippen LogP contribution in [0.1, 0.15) is 23.2 Å². The van der Waals surface area contributed by atoms with E-state index < -0.39 is 0 Å². The second-order valence-electron chi connectivity index (χ2n) is 4.00. The van der Waals surface area contributed by atoms with Gasteiger partial charge in [-0.1, -0.05) is 11.6 Å². The quantitative estimate of drug-likeness (QED) is 0.752. The van der Waals surface area contributed by atoms with Crippen LogP contribution < -0.4 is 5.73 Å². The number of amides is 1. The highest BCUT2D eigenvalue weighted by atomic mass is 35.5. The van der Waals surface area contributed by atoms with Gasteiger partial charge in [0, 0.05) is 25.3 Å². The van der Waals surface area contributed by atoms with Crippen LogP contribution >= 0.6 is 11.6 Å². The highest BCUT2D eigenvalue weighted by molar-refractivity contribution is 6.32. The topological polar surface area (TPSA) is 59.2 Å². The van der Waals surface area contributed by atoms with Crippen molar-refractivity contribution in [3.05, 3.63) is 29.0 Å². The van der Waals surface area contributed by atoms with Gasteiger partial charge in [0.2, 0.25) is 0 Å². The Morgan fingerprint density at radius 1 is 1.62 bits per heavy atom. The van der Waals surface area contributed by atoms with Crippen molar-refractivity contribution < 1.29 is 4.79 Å². The van der Waals surface area contributed by atoms with Gasteiger partial charge in [-0.05, 0) is 25.0 Å². The molecule has 86 valence electrons. The van der Waals surface area contributed by atoms with Crippen molar-refractivity contribution >= 4 is 17.5 Å². The van der Waals surface area contributed by atoms with Crippen LogP contribution in [0.25, 0.3) is 0 Å². The lowest BCUT2D eigenvalue weighted by Crippen LogP contribution is -2.45.